The Morgan fingerprint density at radius 1 is 1.11 bits per heavy atom. The van der Waals surface area contributed by atoms with Crippen LogP contribution >= 0.6 is 23.4 Å². The zero-order valence-electron chi connectivity index (χ0n) is 16.0. The van der Waals surface area contributed by atoms with E-state index in [1.807, 2.05) is 60.0 Å². The minimum absolute atomic E-state index is 0.00670. The lowest BCUT2D eigenvalue weighted by molar-refractivity contribution is 0.0767. The molecule has 2 heterocycles. The molecule has 0 aliphatic carbocycles. The van der Waals surface area contributed by atoms with Gasteiger partial charge in [-0.1, -0.05) is 29.3 Å². The number of rotatable bonds is 3. The number of halogens is 1. The van der Waals surface area contributed by atoms with Crippen LogP contribution in [0.15, 0.2) is 42.5 Å². The molecule has 6 heteroatoms. The second-order valence-corrected chi connectivity index (χ2v) is 8.70. The first-order chi connectivity index (χ1) is 13.5. The number of hydrogen-bond donors (Lipinski definition) is 1. The van der Waals surface area contributed by atoms with Crippen molar-refractivity contribution >= 4 is 51.5 Å². The van der Waals surface area contributed by atoms with Crippen molar-refractivity contribution < 1.29 is 4.79 Å². The highest BCUT2D eigenvalue weighted by atomic mass is 35.5. The third-order valence-electron chi connectivity index (χ3n) is 4.93. The zero-order chi connectivity index (χ0) is 19.7. The van der Waals surface area contributed by atoms with E-state index in [4.69, 9.17) is 11.6 Å². The summed E-state index contributed by atoms with van der Waals surface area (Å²) in [4.78, 5) is 19.6. The quantitative estimate of drug-likeness (QED) is 0.623. The van der Waals surface area contributed by atoms with Crippen LogP contribution in [0.1, 0.15) is 21.6 Å². The second kappa shape index (κ2) is 8.02. The number of nitrogens with one attached hydrogen (secondary N) is 1. The molecule has 1 N–H and O–H groups in total. The summed E-state index contributed by atoms with van der Waals surface area (Å²) < 4.78 is 0. The third-order valence-corrected chi connectivity index (χ3v) is 6.28. The molecule has 144 valence electrons. The van der Waals surface area contributed by atoms with Crippen LogP contribution in [0.5, 0.6) is 0 Å². The number of amides is 1. The zero-order valence-corrected chi connectivity index (χ0v) is 17.5. The van der Waals surface area contributed by atoms with Gasteiger partial charge in [-0.25, -0.2) is 4.98 Å². The molecule has 1 saturated heterocycles. The van der Waals surface area contributed by atoms with Crippen LogP contribution in [-0.2, 0) is 0 Å². The maximum absolute atomic E-state index is 13.0. The number of fused-ring (bicyclic) bond motifs is 1. The molecule has 4 nitrogen and oxygen atoms in total. The summed E-state index contributed by atoms with van der Waals surface area (Å²) in [6.07, 6.45) is 0. The number of carbonyl (C=O) groups is 1. The predicted molar refractivity (Wildman–Crippen MR) is 119 cm³/mol. The molecular formula is C22H22ClN3OS. The number of aromatic nitrogens is 1. The topological polar surface area (TPSA) is 45.2 Å². The average Bonchev–Trinajstić information content (AvgIpc) is 2.71. The van der Waals surface area contributed by atoms with Crippen LogP contribution in [0.3, 0.4) is 0 Å². The van der Waals surface area contributed by atoms with Crippen LogP contribution in [0.4, 0.5) is 11.4 Å². The summed E-state index contributed by atoms with van der Waals surface area (Å²) >= 11 is 8.18. The fourth-order valence-corrected chi connectivity index (χ4v) is 4.39. The first-order valence-corrected chi connectivity index (χ1v) is 10.9. The summed E-state index contributed by atoms with van der Waals surface area (Å²) in [5.41, 5.74) is 5.21. The maximum atomic E-state index is 13.0. The first-order valence-electron chi connectivity index (χ1n) is 9.33. The Hall–Kier alpha value is -2.24. The van der Waals surface area contributed by atoms with Gasteiger partial charge in [0.15, 0.2) is 0 Å². The van der Waals surface area contributed by atoms with Gasteiger partial charge < -0.3 is 10.2 Å². The van der Waals surface area contributed by atoms with Crippen molar-refractivity contribution in [1.29, 1.82) is 0 Å². The Morgan fingerprint density at radius 2 is 1.89 bits per heavy atom. The highest BCUT2D eigenvalue weighted by Gasteiger charge is 2.21. The Bertz CT molecular complexity index is 1050. The number of benzene rings is 2. The number of aryl methyl sites for hydroxylation is 2. The average molecular weight is 412 g/mol. The maximum Gasteiger partial charge on any atom is 0.272 e. The van der Waals surface area contributed by atoms with E-state index < -0.39 is 0 Å². The van der Waals surface area contributed by atoms with Gasteiger partial charge >= 0.3 is 0 Å². The molecule has 1 fully saturated rings. The molecule has 0 spiro atoms. The molecular weight excluding hydrogens is 390 g/mol. The summed E-state index contributed by atoms with van der Waals surface area (Å²) in [7, 11) is 0. The van der Waals surface area contributed by atoms with Crippen molar-refractivity contribution in [2.24, 2.45) is 0 Å². The first kappa shape index (κ1) is 19.1. The van der Waals surface area contributed by atoms with Gasteiger partial charge in [-0.05, 0) is 49.7 Å². The van der Waals surface area contributed by atoms with E-state index in [9.17, 15) is 4.79 Å². The summed E-state index contributed by atoms with van der Waals surface area (Å²) in [5, 5.41) is 5.14. The van der Waals surface area contributed by atoms with E-state index in [-0.39, 0.29) is 5.91 Å². The highest BCUT2D eigenvalue weighted by molar-refractivity contribution is 7.99. The molecule has 28 heavy (non-hydrogen) atoms. The molecule has 1 aliphatic heterocycles. The number of anilines is 2. The van der Waals surface area contributed by atoms with Gasteiger partial charge in [0.05, 0.1) is 11.2 Å². The largest absolute Gasteiger partial charge is 0.355 e. The van der Waals surface area contributed by atoms with E-state index in [1.165, 1.54) is 0 Å². The van der Waals surface area contributed by atoms with E-state index in [0.29, 0.717) is 10.7 Å². The van der Waals surface area contributed by atoms with Gasteiger partial charge in [0.25, 0.3) is 5.91 Å². The molecule has 0 atom stereocenters. The smallest absolute Gasteiger partial charge is 0.272 e. The fourth-order valence-electron chi connectivity index (χ4n) is 3.31. The number of pyridine rings is 1. The van der Waals surface area contributed by atoms with Crippen LogP contribution in [0, 0.1) is 13.8 Å². The highest BCUT2D eigenvalue weighted by Crippen LogP contribution is 2.30. The van der Waals surface area contributed by atoms with Crippen molar-refractivity contribution in [2.75, 3.05) is 29.9 Å². The van der Waals surface area contributed by atoms with Crippen LogP contribution in [-0.4, -0.2) is 40.4 Å². The lowest BCUT2D eigenvalue weighted by atomic mass is 10.1. The molecule has 2 aromatic carbocycles. The molecule has 4 rings (SSSR count). The molecule has 0 unspecified atom stereocenters. The summed E-state index contributed by atoms with van der Waals surface area (Å²) in [6.45, 7) is 5.57. The van der Waals surface area contributed by atoms with E-state index in [1.54, 1.807) is 0 Å². The Kier molecular flexibility index (Phi) is 5.47. The lowest BCUT2D eigenvalue weighted by Crippen LogP contribution is -2.38. The van der Waals surface area contributed by atoms with Crippen molar-refractivity contribution in [3.8, 4) is 0 Å². The van der Waals surface area contributed by atoms with Crippen molar-refractivity contribution in [1.82, 2.24) is 9.88 Å². The van der Waals surface area contributed by atoms with E-state index >= 15 is 0 Å². The molecule has 3 aromatic rings. The third kappa shape index (κ3) is 3.96. The number of nitrogens with zero attached hydrogens (tertiary/aromatic N) is 2. The Balaban J connectivity index is 1.77. The van der Waals surface area contributed by atoms with Crippen LogP contribution < -0.4 is 5.32 Å². The monoisotopic (exact) mass is 411 g/mol. The number of carbonyl (C=O) groups excluding carboxylic acids is 1. The molecule has 1 aliphatic rings. The molecule has 0 saturated carbocycles. The summed E-state index contributed by atoms with van der Waals surface area (Å²) in [6, 6.07) is 13.8. The van der Waals surface area contributed by atoms with Gasteiger partial charge in [-0.15, -0.1) is 0 Å². The van der Waals surface area contributed by atoms with Crippen molar-refractivity contribution in [3.05, 3.63) is 64.3 Å². The molecule has 0 radical (unpaired) electrons. The lowest BCUT2D eigenvalue weighted by Gasteiger charge is -2.26. The van der Waals surface area contributed by atoms with E-state index in [0.717, 1.165) is 58.0 Å². The normalized spacial score (nSPS) is 14.3. The van der Waals surface area contributed by atoms with Gasteiger partial charge in [0.1, 0.15) is 5.69 Å². The standard InChI is InChI=1S/C22H22ClN3OS/c1-14-3-6-19-17(11-14)20(24-16-5-4-15(2)18(23)12-16)13-21(25-19)22(27)26-7-9-28-10-8-26/h3-6,11-13H,7-10H2,1-2H3,(H,24,25). The molecule has 1 amide bonds. The van der Waals surface area contributed by atoms with Gasteiger partial charge in [-0.2, -0.15) is 11.8 Å². The molecule has 0 bridgehead atoms. The minimum Gasteiger partial charge on any atom is -0.355 e. The Morgan fingerprint density at radius 3 is 2.64 bits per heavy atom. The van der Waals surface area contributed by atoms with Crippen LogP contribution in [0.25, 0.3) is 10.9 Å². The second-order valence-electron chi connectivity index (χ2n) is 7.07. The van der Waals surface area contributed by atoms with Gasteiger partial charge in [0, 0.05) is 40.7 Å². The van der Waals surface area contributed by atoms with Crippen molar-refractivity contribution in [2.45, 2.75) is 13.8 Å². The van der Waals surface area contributed by atoms with Gasteiger partial charge in [-0.3, -0.25) is 4.79 Å². The van der Waals surface area contributed by atoms with Crippen LogP contribution in [0.2, 0.25) is 5.02 Å². The number of thioether (sulfide) groups is 1. The minimum atomic E-state index is -0.00670. The van der Waals surface area contributed by atoms with E-state index in [2.05, 4.69) is 23.3 Å². The summed E-state index contributed by atoms with van der Waals surface area (Å²) in [5.74, 6) is 1.95. The predicted octanol–water partition coefficient (Wildman–Crippen LogP) is 5.44. The molecule has 1 aromatic heterocycles. The van der Waals surface area contributed by atoms with Gasteiger partial charge in [0.2, 0.25) is 0 Å². The SMILES string of the molecule is Cc1ccc2nc(C(=O)N3CCSCC3)cc(Nc3ccc(C)c(Cl)c3)c2c1. The fraction of sp³-hybridized carbons (Fsp3) is 0.273. The number of hydrogen-bond acceptors (Lipinski definition) is 4. The van der Waals surface area contributed by atoms with Crippen molar-refractivity contribution in [3.63, 3.8) is 0 Å². The Labute approximate surface area is 174 Å².